The van der Waals surface area contributed by atoms with Crippen molar-refractivity contribution in [1.29, 1.82) is 0 Å². The Bertz CT molecular complexity index is 723. The van der Waals surface area contributed by atoms with Crippen LogP contribution >= 0.6 is 0 Å². The Morgan fingerprint density at radius 2 is 2.04 bits per heavy atom. The second-order valence-corrected chi connectivity index (χ2v) is 8.25. The van der Waals surface area contributed by atoms with Gasteiger partial charge in [-0.2, -0.15) is 4.31 Å². The van der Waals surface area contributed by atoms with Crippen molar-refractivity contribution in [2.24, 2.45) is 0 Å². The Morgan fingerprint density at radius 3 is 2.72 bits per heavy atom. The Kier molecular flexibility index (Phi) is 5.73. The van der Waals surface area contributed by atoms with Crippen LogP contribution in [0.3, 0.4) is 0 Å². The van der Waals surface area contributed by atoms with Crippen LogP contribution < -0.4 is 5.32 Å². The number of carbonyl (C=O) groups is 1. The smallest absolute Gasteiger partial charge is 0.251 e. The van der Waals surface area contributed by atoms with Gasteiger partial charge in [0.25, 0.3) is 5.91 Å². The molecule has 25 heavy (non-hydrogen) atoms. The highest BCUT2D eigenvalue weighted by Gasteiger charge is 2.28. The Balaban J connectivity index is 1.76. The predicted molar refractivity (Wildman–Crippen MR) is 92.1 cm³/mol. The van der Waals surface area contributed by atoms with E-state index < -0.39 is 10.0 Å². The molecule has 138 valence electrons. The lowest BCUT2D eigenvalue weighted by Gasteiger charge is -2.26. The Hall–Kier alpha value is -1.48. The third-order valence-electron chi connectivity index (χ3n) is 4.55. The summed E-state index contributed by atoms with van der Waals surface area (Å²) in [6, 6.07) is 4.79. The first-order valence-electron chi connectivity index (χ1n) is 8.57. The molecule has 2 fully saturated rings. The van der Waals surface area contributed by atoms with Gasteiger partial charge in [0.15, 0.2) is 0 Å². The van der Waals surface area contributed by atoms with Crippen molar-refractivity contribution in [3.8, 4) is 0 Å². The molecule has 7 nitrogen and oxygen atoms in total. The van der Waals surface area contributed by atoms with Gasteiger partial charge in [0.2, 0.25) is 10.0 Å². The topological polar surface area (TPSA) is 84.9 Å². The summed E-state index contributed by atoms with van der Waals surface area (Å²) >= 11 is 0. The molecule has 1 N–H and O–H groups in total. The van der Waals surface area contributed by atoms with Crippen LogP contribution in [0.25, 0.3) is 0 Å². The molecule has 0 bridgehead atoms. The summed E-state index contributed by atoms with van der Waals surface area (Å²) in [7, 11) is -3.63. The van der Waals surface area contributed by atoms with Crippen LogP contribution in [0.1, 0.15) is 28.8 Å². The lowest BCUT2D eigenvalue weighted by Crippen LogP contribution is -2.41. The zero-order valence-corrected chi connectivity index (χ0v) is 15.2. The van der Waals surface area contributed by atoms with Crippen LogP contribution in [0.2, 0.25) is 0 Å². The molecule has 1 amide bonds. The van der Waals surface area contributed by atoms with Crippen LogP contribution in [0.5, 0.6) is 0 Å². The molecule has 8 heteroatoms. The van der Waals surface area contributed by atoms with E-state index >= 15 is 0 Å². The number of nitrogens with zero attached hydrogens (tertiary/aromatic N) is 1. The first-order chi connectivity index (χ1) is 12.0. The number of hydrogen-bond donors (Lipinski definition) is 1. The SMILES string of the molecule is Cc1ccc(C(=O)NC[C@@H]2CCCO2)cc1S(=O)(=O)N1CCOCC1. The first kappa shape index (κ1) is 18.3. The van der Waals surface area contributed by atoms with Gasteiger partial charge >= 0.3 is 0 Å². The van der Waals surface area contributed by atoms with Crippen LogP contribution in [0, 0.1) is 6.92 Å². The number of aryl methyl sites for hydroxylation is 1. The summed E-state index contributed by atoms with van der Waals surface area (Å²) in [4.78, 5) is 12.6. The lowest BCUT2D eigenvalue weighted by molar-refractivity contribution is 0.0730. The average Bonchev–Trinajstić information content (AvgIpc) is 3.14. The highest BCUT2D eigenvalue weighted by Crippen LogP contribution is 2.22. The molecule has 1 atom stereocenters. The largest absolute Gasteiger partial charge is 0.379 e. The standard InChI is InChI=1S/C17H24N2O5S/c1-13-4-5-14(17(20)18-12-15-3-2-8-24-15)11-16(13)25(21,22)19-6-9-23-10-7-19/h4-5,11,15H,2-3,6-10,12H2,1H3,(H,18,20)/t15-/m0/s1. The van der Waals surface area contributed by atoms with Crippen molar-refractivity contribution in [2.45, 2.75) is 30.8 Å². The zero-order chi connectivity index (χ0) is 17.9. The highest BCUT2D eigenvalue weighted by molar-refractivity contribution is 7.89. The van der Waals surface area contributed by atoms with E-state index in [4.69, 9.17) is 9.47 Å². The van der Waals surface area contributed by atoms with Crippen molar-refractivity contribution in [1.82, 2.24) is 9.62 Å². The van der Waals surface area contributed by atoms with E-state index in [1.54, 1.807) is 19.1 Å². The van der Waals surface area contributed by atoms with Crippen LogP contribution in [-0.4, -0.2) is 64.2 Å². The third-order valence-corrected chi connectivity index (χ3v) is 6.59. The number of hydrogen-bond acceptors (Lipinski definition) is 5. The summed E-state index contributed by atoms with van der Waals surface area (Å²) in [5.41, 5.74) is 0.970. The van der Waals surface area contributed by atoms with Crippen molar-refractivity contribution in [2.75, 3.05) is 39.5 Å². The molecule has 1 aromatic carbocycles. The molecule has 2 heterocycles. The molecule has 0 unspecified atom stereocenters. The fourth-order valence-electron chi connectivity index (χ4n) is 3.06. The summed E-state index contributed by atoms with van der Waals surface area (Å²) < 4.78 is 37.9. The average molecular weight is 368 g/mol. The van der Waals surface area contributed by atoms with E-state index in [-0.39, 0.29) is 16.9 Å². The van der Waals surface area contributed by atoms with Gasteiger partial charge in [0.05, 0.1) is 24.2 Å². The molecular weight excluding hydrogens is 344 g/mol. The molecule has 2 aliphatic heterocycles. The van der Waals surface area contributed by atoms with Crippen LogP contribution in [0.15, 0.2) is 23.1 Å². The van der Waals surface area contributed by atoms with E-state index in [0.29, 0.717) is 44.0 Å². The zero-order valence-electron chi connectivity index (χ0n) is 14.4. The van der Waals surface area contributed by atoms with Gasteiger partial charge in [-0.1, -0.05) is 6.07 Å². The van der Waals surface area contributed by atoms with Crippen molar-refractivity contribution < 1.29 is 22.7 Å². The maximum Gasteiger partial charge on any atom is 0.251 e. The highest BCUT2D eigenvalue weighted by atomic mass is 32.2. The molecule has 0 aromatic heterocycles. The molecule has 1 aromatic rings. The van der Waals surface area contributed by atoms with Gasteiger partial charge in [0.1, 0.15) is 0 Å². The van der Waals surface area contributed by atoms with Gasteiger partial charge < -0.3 is 14.8 Å². The van der Waals surface area contributed by atoms with E-state index in [9.17, 15) is 13.2 Å². The summed E-state index contributed by atoms with van der Waals surface area (Å²) in [5, 5.41) is 2.83. The van der Waals surface area contributed by atoms with Gasteiger partial charge in [-0.3, -0.25) is 4.79 Å². The molecule has 0 spiro atoms. The first-order valence-corrected chi connectivity index (χ1v) is 10.0. The molecular formula is C17H24N2O5S. The van der Waals surface area contributed by atoms with Gasteiger partial charge in [0, 0.05) is 31.8 Å². The number of nitrogens with one attached hydrogen (secondary N) is 1. The lowest BCUT2D eigenvalue weighted by atomic mass is 10.1. The number of ether oxygens (including phenoxy) is 2. The summed E-state index contributed by atoms with van der Waals surface area (Å²) in [5.74, 6) is -0.283. The van der Waals surface area contributed by atoms with Crippen molar-refractivity contribution in [3.63, 3.8) is 0 Å². The van der Waals surface area contributed by atoms with Crippen LogP contribution in [-0.2, 0) is 19.5 Å². The number of benzene rings is 1. The Labute approximate surface area is 148 Å². The van der Waals surface area contributed by atoms with E-state index in [1.165, 1.54) is 10.4 Å². The van der Waals surface area contributed by atoms with Gasteiger partial charge in [-0.05, 0) is 37.5 Å². The van der Waals surface area contributed by atoms with E-state index in [0.717, 1.165) is 19.4 Å². The van der Waals surface area contributed by atoms with Gasteiger partial charge in [-0.15, -0.1) is 0 Å². The number of amides is 1. The minimum atomic E-state index is -3.63. The second kappa shape index (κ2) is 7.82. The number of morpholine rings is 1. The normalized spacial score (nSPS) is 22.0. The third kappa shape index (κ3) is 4.20. The van der Waals surface area contributed by atoms with Crippen molar-refractivity contribution >= 4 is 15.9 Å². The van der Waals surface area contributed by atoms with E-state index in [1.807, 2.05) is 0 Å². The molecule has 2 aliphatic rings. The molecule has 2 saturated heterocycles. The predicted octanol–water partition coefficient (Wildman–Crippen LogP) is 0.925. The van der Waals surface area contributed by atoms with Gasteiger partial charge in [-0.25, -0.2) is 8.42 Å². The van der Waals surface area contributed by atoms with Crippen molar-refractivity contribution in [3.05, 3.63) is 29.3 Å². The van der Waals surface area contributed by atoms with Crippen LogP contribution in [0.4, 0.5) is 0 Å². The molecule has 3 rings (SSSR count). The van der Waals surface area contributed by atoms with E-state index in [2.05, 4.69) is 5.32 Å². The fourth-order valence-corrected chi connectivity index (χ4v) is 4.72. The number of carbonyl (C=O) groups excluding carboxylic acids is 1. The summed E-state index contributed by atoms with van der Waals surface area (Å²) in [6.07, 6.45) is 1.99. The summed E-state index contributed by atoms with van der Waals surface area (Å²) in [6.45, 7) is 4.35. The second-order valence-electron chi connectivity index (χ2n) is 6.34. The number of sulfonamides is 1. The Morgan fingerprint density at radius 1 is 1.28 bits per heavy atom. The minimum absolute atomic E-state index is 0.0472. The molecule has 0 radical (unpaired) electrons. The maximum absolute atomic E-state index is 12.9. The minimum Gasteiger partial charge on any atom is -0.379 e. The monoisotopic (exact) mass is 368 g/mol. The molecule has 0 aliphatic carbocycles. The number of rotatable bonds is 5. The molecule has 0 saturated carbocycles. The maximum atomic E-state index is 12.9. The quantitative estimate of drug-likeness (QED) is 0.836. The fraction of sp³-hybridized carbons (Fsp3) is 0.588.